The molecule has 3 aromatic rings. The molecule has 1 amide bonds. The van der Waals surface area contributed by atoms with Gasteiger partial charge >= 0.3 is 0 Å². The maximum atomic E-state index is 13.1. The summed E-state index contributed by atoms with van der Waals surface area (Å²) in [5.41, 5.74) is 1.92. The lowest BCUT2D eigenvalue weighted by atomic mass is 10.0. The highest BCUT2D eigenvalue weighted by molar-refractivity contribution is 6.06. The number of rotatable bonds is 4. The van der Waals surface area contributed by atoms with Crippen LogP contribution in [0.5, 0.6) is 5.75 Å². The molecule has 0 saturated carbocycles. The molecule has 1 aliphatic heterocycles. The van der Waals surface area contributed by atoms with Crippen molar-refractivity contribution in [2.45, 2.75) is 12.0 Å². The number of carbonyl (C=O) groups is 1. The van der Waals surface area contributed by atoms with Gasteiger partial charge in [0, 0.05) is 38.8 Å². The molecule has 9 heteroatoms. The number of carbonyl (C=O) groups excluding carboxylic acids is 1. The lowest BCUT2D eigenvalue weighted by Crippen LogP contribution is -2.30. The van der Waals surface area contributed by atoms with Crippen molar-refractivity contribution < 1.29 is 14.3 Å². The van der Waals surface area contributed by atoms with Gasteiger partial charge in [-0.25, -0.2) is 0 Å². The standard InChI is InChI=1S/C17H20N6O3/c1-22-8-12(18-21-22)11-7-23(9-14(11)26-3)17(24)16-10-5-4-6-13(25-2)15(10)19-20-16/h4-6,8,11,14H,7,9H2,1-3H3,(H,19,20)/t11-,14+/m0/s1. The van der Waals surface area contributed by atoms with Gasteiger partial charge in [-0.3, -0.25) is 14.6 Å². The highest BCUT2D eigenvalue weighted by atomic mass is 16.5. The highest BCUT2D eigenvalue weighted by Crippen LogP contribution is 2.31. The summed E-state index contributed by atoms with van der Waals surface area (Å²) in [5, 5.41) is 16.0. The number of aromatic nitrogens is 5. The molecule has 1 fully saturated rings. The van der Waals surface area contributed by atoms with Gasteiger partial charge in [0.05, 0.1) is 24.8 Å². The van der Waals surface area contributed by atoms with E-state index in [0.717, 1.165) is 11.1 Å². The Bertz CT molecular complexity index is 949. The molecular weight excluding hydrogens is 336 g/mol. The lowest BCUT2D eigenvalue weighted by Gasteiger charge is -2.14. The Kier molecular flexibility index (Phi) is 4.08. The van der Waals surface area contributed by atoms with Crippen LogP contribution in [0.3, 0.4) is 0 Å². The molecular formula is C17H20N6O3. The number of para-hydroxylation sites is 1. The molecule has 2 aromatic heterocycles. The summed E-state index contributed by atoms with van der Waals surface area (Å²) in [6, 6.07) is 5.53. The van der Waals surface area contributed by atoms with E-state index in [1.807, 2.05) is 31.4 Å². The van der Waals surface area contributed by atoms with Gasteiger partial charge in [-0.05, 0) is 6.07 Å². The van der Waals surface area contributed by atoms with Crippen molar-refractivity contribution in [3.05, 3.63) is 35.8 Å². The van der Waals surface area contributed by atoms with E-state index in [9.17, 15) is 4.79 Å². The largest absolute Gasteiger partial charge is 0.494 e. The quantitative estimate of drug-likeness (QED) is 0.747. The van der Waals surface area contributed by atoms with Crippen LogP contribution in [-0.4, -0.2) is 69.4 Å². The van der Waals surface area contributed by atoms with Crippen molar-refractivity contribution in [1.29, 1.82) is 0 Å². The smallest absolute Gasteiger partial charge is 0.275 e. The normalized spacial score (nSPS) is 20.0. The van der Waals surface area contributed by atoms with Gasteiger partial charge in [0.1, 0.15) is 11.3 Å². The number of ether oxygens (including phenoxy) is 2. The average molecular weight is 356 g/mol. The van der Waals surface area contributed by atoms with Crippen molar-refractivity contribution in [2.24, 2.45) is 7.05 Å². The minimum Gasteiger partial charge on any atom is -0.494 e. The van der Waals surface area contributed by atoms with Crippen LogP contribution in [0.15, 0.2) is 24.4 Å². The third-order valence-electron chi connectivity index (χ3n) is 4.84. The molecule has 4 rings (SSSR count). The van der Waals surface area contributed by atoms with Crippen LogP contribution >= 0.6 is 0 Å². The fourth-order valence-corrected chi connectivity index (χ4v) is 3.50. The number of aromatic amines is 1. The van der Waals surface area contributed by atoms with Crippen LogP contribution in [0.1, 0.15) is 22.1 Å². The number of benzene rings is 1. The first-order chi connectivity index (χ1) is 12.6. The number of nitrogens with zero attached hydrogens (tertiary/aromatic N) is 5. The van der Waals surface area contributed by atoms with Gasteiger partial charge < -0.3 is 14.4 Å². The highest BCUT2D eigenvalue weighted by Gasteiger charge is 2.39. The van der Waals surface area contributed by atoms with E-state index in [1.54, 1.807) is 23.8 Å². The van der Waals surface area contributed by atoms with E-state index >= 15 is 0 Å². The monoisotopic (exact) mass is 356 g/mol. The average Bonchev–Trinajstić information content (AvgIpc) is 3.37. The Morgan fingerprint density at radius 3 is 2.85 bits per heavy atom. The second kappa shape index (κ2) is 6.41. The number of likely N-dealkylation sites (tertiary alicyclic amines) is 1. The van der Waals surface area contributed by atoms with Crippen molar-refractivity contribution in [1.82, 2.24) is 30.1 Å². The zero-order valence-corrected chi connectivity index (χ0v) is 14.8. The third-order valence-corrected chi connectivity index (χ3v) is 4.84. The van der Waals surface area contributed by atoms with Gasteiger partial charge in [0.25, 0.3) is 5.91 Å². The number of H-pyrrole nitrogens is 1. The number of aryl methyl sites for hydroxylation is 1. The topological polar surface area (TPSA) is 98.2 Å². The van der Waals surface area contributed by atoms with Crippen LogP contribution in [0.4, 0.5) is 0 Å². The summed E-state index contributed by atoms with van der Waals surface area (Å²) in [6.45, 7) is 0.989. The van der Waals surface area contributed by atoms with Crippen LogP contribution < -0.4 is 4.74 Å². The molecule has 0 aliphatic carbocycles. The first-order valence-electron chi connectivity index (χ1n) is 8.31. The fourth-order valence-electron chi connectivity index (χ4n) is 3.50. The Labute approximate surface area is 149 Å². The van der Waals surface area contributed by atoms with Gasteiger partial charge in [-0.2, -0.15) is 5.10 Å². The number of hydrogen-bond acceptors (Lipinski definition) is 6. The predicted octanol–water partition coefficient (Wildman–Crippen LogP) is 0.955. The lowest BCUT2D eigenvalue weighted by molar-refractivity contribution is 0.0711. The maximum absolute atomic E-state index is 13.1. The van der Waals surface area contributed by atoms with E-state index in [0.29, 0.717) is 30.0 Å². The van der Waals surface area contributed by atoms with Gasteiger partial charge in [0.2, 0.25) is 0 Å². The number of fused-ring (bicyclic) bond motifs is 1. The van der Waals surface area contributed by atoms with E-state index in [2.05, 4.69) is 20.5 Å². The van der Waals surface area contributed by atoms with E-state index in [4.69, 9.17) is 9.47 Å². The van der Waals surface area contributed by atoms with Gasteiger partial charge in [-0.15, -0.1) is 5.10 Å². The molecule has 1 saturated heterocycles. The molecule has 0 unspecified atom stereocenters. The Morgan fingerprint density at radius 2 is 2.15 bits per heavy atom. The van der Waals surface area contributed by atoms with E-state index in [1.165, 1.54) is 0 Å². The molecule has 1 aromatic carbocycles. The Morgan fingerprint density at radius 1 is 1.31 bits per heavy atom. The molecule has 26 heavy (non-hydrogen) atoms. The first kappa shape index (κ1) is 16.5. The zero-order valence-electron chi connectivity index (χ0n) is 14.8. The van der Waals surface area contributed by atoms with Crippen molar-refractivity contribution in [3.8, 4) is 5.75 Å². The van der Waals surface area contributed by atoms with Gasteiger partial charge in [-0.1, -0.05) is 17.3 Å². The minimum absolute atomic E-state index is 0.0163. The zero-order chi connectivity index (χ0) is 18.3. The minimum atomic E-state index is -0.141. The molecule has 136 valence electrons. The first-order valence-corrected chi connectivity index (χ1v) is 8.31. The Hall–Kier alpha value is -2.94. The second-order valence-corrected chi connectivity index (χ2v) is 6.36. The number of hydrogen-bond donors (Lipinski definition) is 1. The second-order valence-electron chi connectivity index (χ2n) is 6.36. The predicted molar refractivity (Wildman–Crippen MR) is 93.1 cm³/mol. The number of methoxy groups -OCH3 is 2. The fraction of sp³-hybridized carbons (Fsp3) is 0.412. The van der Waals surface area contributed by atoms with Crippen molar-refractivity contribution in [2.75, 3.05) is 27.3 Å². The summed E-state index contributed by atoms with van der Waals surface area (Å²) in [7, 11) is 5.06. The molecule has 0 spiro atoms. The Balaban J connectivity index is 1.63. The van der Waals surface area contributed by atoms with E-state index in [-0.39, 0.29) is 17.9 Å². The SMILES string of the molecule is COc1cccc2c(C(=O)N3C[C@@H](OC)[C@H](c4cn(C)nn4)C3)n[nH]c12. The summed E-state index contributed by atoms with van der Waals surface area (Å²) < 4.78 is 12.6. The van der Waals surface area contributed by atoms with Crippen LogP contribution in [0.25, 0.3) is 10.9 Å². The van der Waals surface area contributed by atoms with Crippen molar-refractivity contribution >= 4 is 16.8 Å². The molecule has 3 heterocycles. The summed E-state index contributed by atoms with van der Waals surface area (Å²) in [6.07, 6.45) is 1.73. The van der Waals surface area contributed by atoms with Crippen LogP contribution in [0.2, 0.25) is 0 Å². The molecule has 0 radical (unpaired) electrons. The maximum Gasteiger partial charge on any atom is 0.275 e. The molecule has 0 bridgehead atoms. The molecule has 2 atom stereocenters. The molecule has 1 aliphatic rings. The van der Waals surface area contributed by atoms with E-state index < -0.39 is 0 Å². The third kappa shape index (κ3) is 2.60. The number of nitrogens with one attached hydrogen (secondary N) is 1. The van der Waals surface area contributed by atoms with Gasteiger partial charge in [0.15, 0.2) is 5.69 Å². The number of amides is 1. The molecule has 9 nitrogen and oxygen atoms in total. The van der Waals surface area contributed by atoms with Crippen molar-refractivity contribution in [3.63, 3.8) is 0 Å². The molecule has 1 N–H and O–H groups in total. The van der Waals surface area contributed by atoms with Crippen LogP contribution in [-0.2, 0) is 11.8 Å². The summed E-state index contributed by atoms with van der Waals surface area (Å²) in [4.78, 5) is 14.8. The summed E-state index contributed by atoms with van der Waals surface area (Å²) in [5.74, 6) is 0.498. The summed E-state index contributed by atoms with van der Waals surface area (Å²) >= 11 is 0. The van der Waals surface area contributed by atoms with Crippen LogP contribution in [0, 0.1) is 0 Å².